The number of aromatic carboxylic acids is 1. The van der Waals surface area contributed by atoms with E-state index in [9.17, 15) is 14.4 Å². The highest BCUT2D eigenvalue weighted by molar-refractivity contribution is 5.94. The van der Waals surface area contributed by atoms with E-state index in [-0.39, 0.29) is 24.0 Å². The molecule has 19 heavy (non-hydrogen) atoms. The summed E-state index contributed by atoms with van der Waals surface area (Å²) in [4.78, 5) is 33.6. The number of carbonyl (C=O) groups excluding carboxylic acids is 2. The van der Waals surface area contributed by atoms with E-state index in [1.54, 1.807) is 0 Å². The van der Waals surface area contributed by atoms with Crippen LogP contribution in [0.15, 0.2) is 0 Å². The highest BCUT2D eigenvalue weighted by Gasteiger charge is 2.24. The molecule has 3 amide bonds. The van der Waals surface area contributed by atoms with Crippen molar-refractivity contribution in [2.45, 2.75) is 32.4 Å². The van der Waals surface area contributed by atoms with Gasteiger partial charge in [-0.15, -0.1) is 5.10 Å². The zero-order valence-electron chi connectivity index (χ0n) is 10.2. The monoisotopic (exact) mass is 267 g/mol. The summed E-state index contributed by atoms with van der Waals surface area (Å²) < 4.78 is 1.13. The fourth-order valence-corrected chi connectivity index (χ4v) is 1.46. The van der Waals surface area contributed by atoms with Crippen molar-refractivity contribution in [3.05, 3.63) is 11.4 Å². The van der Waals surface area contributed by atoms with Gasteiger partial charge in [-0.2, -0.15) is 0 Å². The van der Waals surface area contributed by atoms with Gasteiger partial charge in [-0.05, 0) is 19.8 Å². The highest BCUT2D eigenvalue weighted by atomic mass is 16.4. The number of nitrogens with one attached hydrogen (secondary N) is 2. The molecule has 0 aromatic carbocycles. The Balaban J connectivity index is 1.91. The molecule has 0 radical (unpaired) electrons. The lowest BCUT2D eigenvalue weighted by Crippen LogP contribution is -2.42. The third-order valence-electron chi connectivity index (χ3n) is 2.64. The first-order valence-corrected chi connectivity index (χ1v) is 5.71. The van der Waals surface area contributed by atoms with Crippen LogP contribution in [-0.2, 0) is 11.3 Å². The molecule has 1 aromatic rings. The highest BCUT2D eigenvalue weighted by Crippen LogP contribution is 2.18. The fraction of sp³-hybridized carbons (Fsp3) is 0.500. The van der Waals surface area contributed by atoms with Gasteiger partial charge >= 0.3 is 12.0 Å². The molecule has 0 bridgehead atoms. The van der Waals surface area contributed by atoms with Gasteiger partial charge in [-0.25, -0.2) is 14.3 Å². The minimum atomic E-state index is -1.21. The van der Waals surface area contributed by atoms with Crippen LogP contribution in [0.1, 0.15) is 29.0 Å². The molecule has 1 aromatic heterocycles. The SMILES string of the molecule is Cc1c(C(=O)O)nnn1CC(=O)NC(=O)NC1CC1. The van der Waals surface area contributed by atoms with E-state index >= 15 is 0 Å². The van der Waals surface area contributed by atoms with Gasteiger partial charge in [-0.3, -0.25) is 10.1 Å². The Morgan fingerprint density at radius 3 is 2.63 bits per heavy atom. The van der Waals surface area contributed by atoms with E-state index in [0.29, 0.717) is 0 Å². The van der Waals surface area contributed by atoms with Crippen molar-refractivity contribution < 1.29 is 19.5 Å². The van der Waals surface area contributed by atoms with Gasteiger partial charge in [0.25, 0.3) is 0 Å². The van der Waals surface area contributed by atoms with Crippen molar-refractivity contribution in [3.63, 3.8) is 0 Å². The zero-order valence-corrected chi connectivity index (χ0v) is 10.2. The molecule has 1 heterocycles. The van der Waals surface area contributed by atoms with Gasteiger partial charge in [0, 0.05) is 6.04 Å². The molecule has 0 atom stereocenters. The summed E-state index contributed by atoms with van der Waals surface area (Å²) in [5.41, 5.74) is 0.0421. The number of rotatable bonds is 4. The van der Waals surface area contributed by atoms with E-state index in [2.05, 4.69) is 20.9 Å². The molecule has 1 saturated carbocycles. The lowest BCUT2D eigenvalue weighted by atomic mass is 10.3. The Bertz CT molecular complexity index is 534. The standard InChI is InChI=1S/C10H13N5O4/c1-5-8(9(17)18)13-14-15(5)4-7(16)12-10(19)11-6-2-3-6/h6H,2-4H2,1H3,(H,17,18)(H2,11,12,16,19). The summed E-state index contributed by atoms with van der Waals surface area (Å²) in [5, 5.41) is 20.5. The Hall–Kier alpha value is -2.45. The first-order valence-electron chi connectivity index (χ1n) is 5.71. The van der Waals surface area contributed by atoms with Crippen LogP contribution >= 0.6 is 0 Å². The van der Waals surface area contributed by atoms with Crippen LogP contribution in [0, 0.1) is 6.92 Å². The molecule has 9 nitrogen and oxygen atoms in total. The molecule has 1 fully saturated rings. The average molecular weight is 267 g/mol. The zero-order chi connectivity index (χ0) is 14.0. The Morgan fingerprint density at radius 1 is 1.42 bits per heavy atom. The van der Waals surface area contributed by atoms with Gasteiger partial charge in [0.05, 0.1) is 5.69 Å². The first kappa shape index (κ1) is 13.0. The van der Waals surface area contributed by atoms with E-state index in [0.717, 1.165) is 17.5 Å². The summed E-state index contributed by atoms with van der Waals surface area (Å²) in [6.07, 6.45) is 1.84. The normalized spacial score (nSPS) is 13.9. The number of hydrogen-bond acceptors (Lipinski definition) is 5. The summed E-state index contributed by atoms with van der Waals surface area (Å²) in [7, 11) is 0. The van der Waals surface area contributed by atoms with Gasteiger partial charge in [-0.1, -0.05) is 5.21 Å². The van der Waals surface area contributed by atoms with Crippen molar-refractivity contribution in [3.8, 4) is 0 Å². The molecule has 0 spiro atoms. The molecule has 0 unspecified atom stereocenters. The number of carbonyl (C=O) groups is 3. The predicted octanol–water partition coefficient (Wildman–Crippen LogP) is -0.727. The lowest BCUT2D eigenvalue weighted by Gasteiger charge is -2.06. The predicted molar refractivity (Wildman–Crippen MR) is 61.4 cm³/mol. The van der Waals surface area contributed by atoms with Crippen molar-refractivity contribution in [2.75, 3.05) is 0 Å². The second-order valence-corrected chi connectivity index (χ2v) is 4.28. The third-order valence-corrected chi connectivity index (χ3v) is 2.64. The Morgan fingerprint density at radius 2 is 2.11 bits per heavy atom. The summed E-state index contributed by atoms with van der Waals surface area (Å²) >= 11 is 0. The molecule has 9 heteroatoms. The van der Waals surface area contributed by atoms with Gasteiger partial charge < -0.3 is 10.4 Å². The number of aromatic nitrogens is 3. The van der Waals surface area contributed by atoms with Gasteiger partial charge in [0.1, 0.15) is 6.54 Å². The number of nitrogens with zero attached hydrogens (tertiary/aromatic N) is 3. The number of amides is 3. The van der Waals surface area contributed by atoms with E-state index < -0.39 is 17.9 Å². The smallest absolute Gasteiger partial charge is 0.358 e. The van der Waals surface area contributed by atoms with Crippen molar-refractivity contribution >= 4 is 17.9 Å². The number of imide groups is 1. The van der Waals surface area contributed by atoms with E-state index in [4.69, 9.17) is 5.11 Å². The van der Waals surface area contributed by atoms with E-state index in [1.807, 2.05) is 0 Å². The number of hydrogen-bond donors (Lipinski definition) is 3. The molecule has 2 rings (SSSR count). The molecular formula is C10H13N5O4. The Labute approximate surface area is 108 Å². The van der Waals surface area contributed by atoms with Crippen LogP contribution in [0.3, 0.4) is 0 Å². The number of carboxylic acids is 1. The maximum absolute atomic E-state index is 11.5. The fourth-order valence-electron chi connectivity index (χ4n) is 1.46. The van der Waals surface area contributed by atoms with E-state index in [1.165, 1.54) is 6.92 Å². The maximum Gasteiger partial charge on any atom is 0.358 e. The van der Waals surface area contributed by atoms with Crippen LogP contribution in [0.25, 0.3) is 0 Å². The number of urea groups is 1. The number of carboxylic acid groups (broad SMARTS) is 1. The molecule has 0 aliphatic heterocycles. The topological polar surface area (TPSA) is 126 Å². The summed E-state index contributed by atoms with van der Waals surface area (Å²) in [5.74, 6) is -1.79. The van der Waals surface area contributed by atoms with Crippen molar-refractivity contribution in [1.29, 1.82) is 0 Å². The quantitative estimate of drug-likeness (QED) is 0.660. The maximum atomic E-state index is 11.5. The second kappa shape index (κ2) is 5.04. The minimum Gasteiger partial charge on any atom is -0.476 e. The molecule has 1 aliphatic rings. The summed E-state index contributed by atoms with van der Waals surface area (Å²) in [6, 6.07) is -0.400. The molecule has 102 valence electrons. The molecule has 1 aliphatic carbocycles. The first-order chi connectivity index (χ1) is 8.97. The summed E-state index contributed by atoms with van der Waals surface area (Å²) in [6.45, 7) is 1.23. The van der Waals surface area contributed by atoms with Crippen LogP contribution in [0.4, 0.5) is 4.79 Å². The van der Waals surface area contributed by atoms with Crippen LogP contribution < -0.4 is 10.6 Å². The van der Waals surface area contributed by atoms with Crippen molar-refractivity contribution in [2.24, 2.45) is 0 Å². The van der Waals surface area contributed by atoms with Gasteiger partial charge in [0.2, 0.25) is 5.91 Å². The average Bonchev–Trinajstić information content (AvgIpc) is 3.03. The molecule has 0 saturated heterocycles. The second-order valence-electron chi connectivity index (χ2n) is 4.28. The van der Waals surface area contributed by atoms with Crippen LogP contribution in [-0.4, -0.2) is 44.0 Å². The molecule has 3 N–H and O–H groups in total. The van der Waals surface area contributed by atoms with Crippen LogP contribution in [0.2, 0.25) is 0 Å². The minimum absolute atomic E-state index is 0.152. The molecular weight excluding hydrogens is 254 g/mol. The Kier molecular flexibility index (Phi) is 3.45. The van der Waals surface area contributed by atoms with Crippen molar-refractivity contribution in [1.82, 2.24) is 25.6 Å². The largest absolute Gasteiger partial charge is 0.476 e. The van der Waals surface area contributed by atoms with Crippen LogP contribution in [0.5, 0.6) is 0 Å². The lowest BCUT2D eigenvalue weighted by molar-refractivity contribution is -0.120. The third kappa shape index (κ3) is 3.27. The van der Waals surface area contributed by atoms with Gasteiger partial charge in [0.15, 0.2) is 5.69 Å².